The van der Waals surface area contributed by atoms with Crippen molar-refractivity contribution in [3.8, 4) is 0 Å². The number of hydrogen-bond acceptors (Lipinski definition) is 3. The molecule has 21 heavy (non-hydrogen) atoms. The molecule has 0 aliphatic heterocycles. The number of amides is 1. The van der Waals surface area contributed by atoms with Gasteiger partial charge in [-0.15, -0.1) is 0 Å². The first-order valence-corrected chi connectivity index (χ1v) is 6.90. The molecule has 2 fully saturated rings. The van der Waals surface area contributed by atoms with Gasteiger partial charge in [0.15, 0.2) is 0 Å². The van der Waals surface area contributed by atoms with Gasteiger partial charge in [-0.25, -0.2) is 4.39 Å². The molecule has 3 atom stereocenters. The normalized spacial score (nSPS) is 26.9. The van der Waals surface area contributed by atoms with Gasteiger partial charge in [0.2, 0.25) is 5.82 Å². The summed E-state index contributed by atoms with van der Waals surface area (Å²) in [6, 6.07) is 1.04. The van der Waals surface area contributed by atoms with Crippen molar-refractivity contribution in [1.29, 1.82) is 0 Å². The minimum atomic E-state index is -1.21. The molecule has 1 N–H and O–H groups in total. The number of hydrogen-bond donors (Lipinski definition) is 1. The zero-order chi connectivity index (χ0) is 15.1. The van der Waals surface area contributed by atoms with Crippen LogP contribution in [0.4, 0.5) is 14.5 Å². The second kappa shape index (κ2) is 5.05. The number of rotatable bonds is 3. The Balaban J connectivity index is 1.78. The van der Waals surface area contributed by atoms with Crippen molar-refractivity contribution in [2.75, 3.05) is 0 Å². The molecule has 1 aromatic rings. The Labute approximate surface area is 119 Å². The van der Waals surface area contributed by atoms with Gasteiger partial charge >= 0.3 is 5.69 Å². The van der Waals surface area contributed by atoms with Gasteiger partial charge in [0, 0.05) is 6.04 Å². The number of carbonyl (C=O) groups is 1. The largest absolute Gasteiger partial charge is 0.349 e. The van der Waals surface area contributed by atoms with Crippen LogP contribution in [0.2, 0.25) is 0 Å². The van der Waals surface area contributed by atoms with Gasteiger partial charge in [-0.05, 0) is 37.2 Å². The lowest BCUT2D eigenvalue weighted by Gasteiger charge is -2.22. The van der Waals surface area contributed by atoms with Crippen molar-refractivity contribution in [2.45, 2.75) is 31.7 Å². The van der Waals surface area contributed by atoms with E-state index >= 15 is 0 Å². The number of nitro benzene ring substituents is 1. The van der Waals surface area contributed by atoms with E-state index in [-0.39, 0.29) is 6.04 Å². The summed E-state index contributed by atoms with van der Waals surface area (Å²) in [4.78, 5) is 21.5. The van der Waals surface area contributed by atoms with E-state index < -0.39 is 33.7 Å². The topological polar surface area (TPSA) is 72.2 Å². The predicted molar refractivity (Wildman–Crippen MR) is 69.7 cm³/mol. The van der Waals surface area contributed by atoms with E-state index in [0.717, 1.165) is 25.7 Å². The SMILES string of the molecule is O=C(NC1CC2CCC1C2)c1cc(F)c([N+](=O)[O-])cc1F. The van der Waals surface area contributed by atoms with Crippen molar-refractivity contribution >= 4 is 11.6 Å². The fourth-order valence-corrected chi connectivity index (χ4v) is 3.52. The molecule has 2 aliphatic carbocycles. The number of nitrogens with zero attached hydrogens (tertiary/aromatic N) is 1. The van der Waals surface area contributed by atoms with Crippen LogP contribution in [0.1, 0.15) is 36.0 Å². The summed E-state index contributed by atoms with van der Waals surface area (Å²) in [5.74, 6) is -1.98. The third-order valence-electron chi connectivity index (χ3n) is 4.53. The van der Waals surface area contributed by atoms with Crippen LogP contribution in [-0.4, -0.2) is 16.9 Å². The van der Waals surface area contributed by atoms with Gasteiger partial charge in [-0.3, -0.25) is 14.9 Å². The van der Waals surface area contributed by atoms with Gasteiger partial charge < -0.3 is 5.32 Å². The van der Waals surface area contributed by atoms with Gasteiger partial charge in [-0.2, -0.15) is 4.39 Å². The van der Waals surface area contributed by atoms with E-state index in [0.29, 0.717) is 24.0 Å². The molecule has 0 aromatic heterocycles. The Morgan fingerprint density at radius 1 is 1.24 bits per heavy atom. The van der Waals surface area contributed by atoms with Gasteiger partial charge in [0.1, 0.15) is 5.82 Å². The molecular weight excluding hydrogens is 282 g/mol. The summed E-state index contributed by atoms with van der Waals surface area (Å²) in [6.07, 6.45) is 4.15. The molecular formula is C14H14F2N2O3. The van der Waals surface area contributed by atoms with Crippen LogP contribution in [0.25, 0.3) is 0 Å². The Hall–Kier alpha value is -2.05. The molecule has 7 heteroatoms. The summed E-state index contributed by atoms with van der Waals surface area (Å²) < 4.78 is 27.3. The number of fused-ring (bicyclic) bond motifs is 2. The second-order valence-electron chi connectivity index (χ2n) is 5.80. The van der Waals surface area contributed by atoms with Crippen LogP contribution in [0.3, 0.4) is 0 Å². The highest BCUT2D eigenvalue weighted by atomic mass is 19.1. The maximum atomic E-state index is 13.8. The van der Waals surface area contributed by atoms with Gasteiger partial charge in [0.25, 0.3) is 5.91 Å². The van der Waals surface area contributed by atoms with Crippen LogP contribution in [0, 0.1) is 33.6 Å². The highest BCUT2D eigenvalue weighted by Crippen LogP contribution is 2.44. The monoisotopic (exact) mass is 296 g/mol. The van der Waals surface area contributed by atoms with Crippen molar-refractivity contribution in [3.63, 3.8) is 0 Å². The van der Waals surface area contributed by atoms with Gasteiger partial charge in [0.05, 0.1) is 16.6 Å². The number of halogens is 2. The highest BCUT2D eigenvalue weighted by molar-refractivity contribution is 5.95. The quantitative estimate of drug-likeness (QED) is 0.688. The lowest BCUT2D eigenvalue weighted by atomic mass is 9.95. The van der Waals surface area contributed by atoms with Gasteiger partial charge in [-0.1, -0.05) is 6.42 Å². The summed E-state index contributed by atoms with van der Waals surface area (Å²) in [5, 5.41) is 13.2. The van der Waals surface area contributed by atoms with Crippen molar-refractivity contribution in [1.82, 2.24) is 5.32 Å². The van der Waals surface area contributed by atoms with Crippen molar-refractivity contribution in [3.05, 3.63) is 39.4 Å². The van der Waals surface area contributed by atoms with Crippen LogP contribution in [0.15, 0.2) is 12.1 Å². The summed E-state index contributed by atoms with van der Waals surface area (Å²) in [7, 11) is 0. The molecule has 0 saturated heterocycles. The number of carbonyl (C=O) groups excluding carboxylic acids is 1. The Morgan fingerprint density at radius 2 is 2.00 bits per heavy atom. The lowest BCUT2D eigenvalue weighted by Crippen LogP contribution is -2.38. The summed E-state index contributed by atoms with van der Waals surface area (Å²) in [6.45, 7) is 0. The molecule has 2 saturated carbocycles. The second-order valence-corrected chi connectivity index (χ2v) is 5.80. The highest BCUT2D eigenvalue weighted by Gasteiger charge is 2.40. The molecule has 1 amide bonds. The molecule has 2 aliphatic rings. The van der Waals surface area contributed by atoms with E-state index in [1.807, 2.05) is 0 Å². The number of nitrogens with one attached hydrogen (secondary N) is 1. The smallest absolute Gasteiger partial charge is 0.307 e. The third kappa shape index (κ3) is 2.48. The van der Waals surface area contributed by atoms with Crippen molar-refractivity contribution < 1.29 is 18.5 Å². The van der Waals surface area contributed by atoms with Crippen LogP contribution >= 0.6 is 0 Å². The van der Waals surface area contributed by atoms with Crippen molar-refractivity contribution in [2.24, 2.45) is 11.8 Å². The minimum Gasteiger partial charge on any atom is -0.349 e. The first-order valence-electron chi connectivity index (χ1n) is 6.90. The maximum absolute atomic E-state index is 13.8. The molecule has 0 spiro atoms. The van der Waals surface area contributed by atoms with E-state index in [1.54, 1.807) is 0 Å². The standard InChI is InChI=1S/C14H14F2N2O3/c15-10-6-13(18(20)21)11(16)5-9(10)14(19)17-12-4-7-1-2-8(12)3-7/h5-8,12H,1-4H2,(H,17,19). The molecule has 5 nitrogen and oxygen atoms in total. The van der Waals surface area contributed by atoms with Crippen LogP contribution in [0.5, 0.6) is 0 Å². The third-order valence-corrected chi connectivity index (χ3v) is 4.53. The first kappa shape index (κ1) is 13.9. The van der Waals surface area contributed by atoms with E-state index in [9.17, 15) is 23.7 Å². The Morgan fingerprint density at radius 3 is 2.57 bits per heavy atom. The average molecular weight is 296 g/mol. The zero-order valence-corrected chi connectivity index (χ0v) is 11.1. The molecule has 2 bridgehead atoms. The lowest BCUT2D eigenvalue weighted by molar-refractivity contribution is -0.387. The van der Waals surface area contributed by atoms with Crippen LogP contribution < -0.4 is 5.32 Å². The Kier molecular flexibility index (Phi) is 3.35. The maximum Gasteiger partial charge on any atom is 0.307 e. The molecule has 0 heterocycles. The van der Waals surface area contributed by atoms with E-state index in [2.05, 4.69) is 5.32 Å². The first-order chi connectivity index (χ1) is 9.95. The minimum absolute atomic E-state index is 0.00565. The van der Waals surface area contributed by atoms with E-state index in [1.165, 1.54) is 0 Å². The van der Waals surface area contributed by atoms with Crippen LogP contribution in [-0.2, 0) is 0 Å². The fourth-order valence-electron chi connectivity index (χ4n) is 3.52. The molecule has 3 rings (SSSR count). The van der Waals surface area contributed by atoms with E-state index in [4.69, 9.17) is 0 Å². The fraction of sp³-hybridized carbons (Fsp3) is 0.500. The predicted octanol–water partition coefficient (Wildman–Crippen LogP) is 2.79. The molecule has 0 radical (unpaired) electrons. The molecule has 3 unspecified atom stereocenters. The zero-order valence-electron chi connectivity index (χ0n) is 11.1. The molecule has 112 valence electrons. The average Bonchev–Trinajstić information content (AvgIpc) is 3.02. The number of nitro groups is 1. The molecule has 1 aromatic carbocycles. The number of benzene rings is 1. The summed E-state index contributed by atoms with van der Waals surface area (Å²) >= 11 is 0. The Bertz CT molecular complexity index is 620. The summed E-state index contributed by atoms with van der Waals surface area (Å²) in [5.41, 5.74) is -1.45.